The molecule has 0 atom stereocenters. The molecule has 0 aliphatic heterocycles. The molecule has 0 aliphatic carbocycles. The second-order valence-electron chi connectivity index (χ2n) is 4.95. The van der Waals surface area contributed by atoms with Gasteiger partial charge in [-0.05, 0) is 24.1 Å². The van der Waals surface area contributed by atoms with Crippen molar-refractivity contribution in [2.24, 2.45) is 0 Å². The second-order valence-corrected chi connectivity index (χ2v) is 4.95. The molecule has 21 heavy (non-hydrogen) atoms. The van der Waals surface area contributed by atoms with Crippen LogP contribution >= 0.6 is 0 Å². The topological polar surface area (TPSA) is 53.6 Å². The minimum atomic E-state index is -1.55. The molecule has 0 bridgehead atoms. The molecule has 0 unspecified atom stereocenters. The summed E-state index contributed by atoms with van der Waals surface area (Å²) >= 11 is 0. The first-order valence-electron chi connectivity index (χ1n) is 6.73. The van der Waals surface area contributed by atoms with Gasteiger partial charge >= 0.3 is 7.12 Å². The van der Waals surface area contributed by atoms with Crippen LogP contribution in [0.4, 0.5) is 0 Å². The highest BCUT2D eigenvalue weighted by molar-refractivity contribution is 6.61. The number of furan rings is 1. The van der Waals surface area contributed by atoms with Crippen LogP contribution in [0.5, 0.6) is 0 Å². The van der Waals surface area contributed by atoms with Gasteiger partial charge in [-0.3, -0.25) is 0 Å². The summed E-state index contributed by atoms with van der Waals surface area (Å²) in [6.07, 6.45) is 5.57. The first-order chi connectivity index (χ1) is 10.1. The lowest BCUT2D eigenvalue weighted by Crippen LogP contribution is -2.29. The number of fused-ring (bicyclic) bond motifs is 3. The maximum absolute atomic E-state index is 9.46. The number of allylic oxidation sites excluding steroid dienone is 2. The van der Waals surface area contributed by atoms with Crippen molar-refractivity contribution >= 4 is 40.6 Å². The molecule has 2 aromatic carbocycles. The summed E-state index contributed by atoms with van der Waals surface area (Å²) in [7, 11) is -1.55. The number of hydrogen-bond donors (Lipinski definition) is 2. The smallest absolute Gasteiger partial charge is 0.456 e. The molecule has 0 spiro atoms. The van der Waals surface area contributed by atoms with E-state index in [4.69, 9.17) is 4.42 Å². The van der Waals surface area contributed by atoms with Crippen molar-refractivity contribution < 1.29 is 14.5 Å². The number of aryl methyl sites for hydroxylation is 1. The predicted molar refractivity (Wildman–Crippen MR) is 87.5 cm³/mol. The summed E-state index contributed by atoms with van der Waals surface area (Å²) in [6, 6.07) is 9.39. The van der Waals surface area contributed by atoms with Gasteiger partial charge in [0, 0.05) is 16.2 Å². The molecule has 1 aromatic heterocycles. The van der Waals surface area contributed by atoms with Crippen LogP contribution in [0.3, 0.4) is 0 Å². The molecular formula is C17H15BO3. The molecule has 104 valence electrons. The quantitative estimate of drug-likeness (QED) is 0.572. The average Bonchev–Trinajstić information content (AvgIpc) is 2.86. The van der Waals surface area contributed by atoms with Gasteiger partial charge < -0.3 is 14.5 Å². The van der Waals surface area contributed by atoms with Gasteiger partial charge in [0.05, 0.1) is 0 Å². The van der Waals surface area contributed by atoms with Gasteiger partial charge in [0.25, 0.3) is 0 Å². The van der Waals surface area contributed by atoms with Crippen LogP contribution in [0.2, 0.25) is 0 Å². The Morgan fingerprint density at radius 1 is 1.10 bits per heavy atom. The summed E-state index contributed by atoms with van der Waals surface area (Å²) in [6.45, 7) is 5.66. The van der Waals surface area contributed by atoms with Gasteiger partial charge in [0.1, 0.15) is 11.2 Å². The van der Waals surface area contributed by atoms with E-state index in [-0.39, 0.29) is 0 Å². The largest absolute Gasteiger partial charge is 0.492 e. The fraction of sp³-hybridized carbons (Fsp3) is 0.0588. The van der Waals surface area contributed by atoms with Gasteiger partial charge in [0.15, 0.2) is 0 Å². The van der Waals surface area contributed by atoms with Gasteiger partial charge in [-0.1, -0.05) is 49.1 Å². The van der Waals surface area contributed by atoms with Crippen LogP contribution in [0.15, 0.2) is 53.5 Å². The molecule has 0 aliphatic rings. The Hall–Kier alpha value is -2.30. The zero-order chi connectivity index (χ0) is 15.0. The van der Waals surface area contributed by atoms with E-state index in [1.54, 1.807) is 18.2 Å². The molecule has 3 aromatic rings. The summed E-state index contributed by atoms with van der Waals surface area (Å²) in [5, 5.41) is 20.8. The molecule has 1 heterocycles. The third-order valence-electron chi connectivity index (χ3n) is 3.68. The lowest BCUT2D eigenvalue weighted by molar-refractivity contribution is 0.425. The van der Waals surface area contributed by atoms with Gasteiger partial charge in [0.2, 0.25) is 0 Å². The first-order valence-corrected chi connectivity index (χ1v) is 6.73. The van der Waals surface area contributed by atoms with E-state index in [2.05, 4.69) is 6.58 Å². The molecule has 3 nitrogen and oxygen atoms in total. The fourth-order valence-corrected chi connectivity index (χ4v) is 2.59. The van der Waals surface area contributed by atoms with Crippen molar-refractivity contribution in [2.75, 3.05) is 0 Å². The molecule has 2 N–H and O–H groups in total. The SMILES string of the molecule is C=C/C=C\c1ccc2c(oc3c(B(O)O)cccc32)c1C. The highest BCUT2D eigenvalue weighted by Gasteiger charge is 2.19. The maximum Gasteiger partial charge on any atom is 0.492 e. The van der Waals surface area contributed by atoms with Crippen LogP contribution < -0.4 is 5.46 Å². The van der Waals surface area contributed by atoms with E-state index in [9.17, 15) is 10.0 Å². The number of benzene rings is 2. The summed E-state index contributed by atoms with van der Waals surface area (Å²) < 4.78 is 5.92. The van der Waals surface area contributed by atoms with E-state index in [1.165, 1.54) is 0 Å². The summed E-state index contributed by atoms with van der Waals surface area (Å²) in [5.41, 5.74) is 3.73. The second kappa shape index (κ2) is 5.24. The standard InChI is InChI=1S/C17H15BO3/c1-3-4-6-12-9-10-14-13-7-5-8-15(18(19)20)17(13)21-16(14)11(12)2/h3-10,19-20H,1H2,2H3/b6-4-. The minimum absolute atomic E-state index is 0.381. The van der Waals surface area contributed by atoms with Gasteiger partial charge in [-0.25, -0.2) is 0 Å². The molecule has 4 heteroatoms. The summed E-state index contributed by atoms with van der Waals surface area (Å²) in [5.74, 6) is 0. The van der Waals surface area contributed by atoms with Crippen molar-refractivity contribution in [2.45, 2.75) is 6.92 Å². The highest BCUT2D eigenvalue weighted by Crippen LogP contribution is 2.31. The van der Waals surface area contributed by atoms with E-state index in [1.807, 2.05) is 37.3 Å². The highest BCUT2D eigenvalue weighted by atomic mass is 16.4. The zero-order valence-corrected chi connectivity index (χ0v) is 11.7. The zero-order valence-electron chi connectivity index (χ0n) is 11.7. The van der Waals surface area contributed by atoms with E-state index in [0.29, 0.717) is 11.0 Å². The predicted octanol–water partition coefficient (Wildman–Crippen LogP) is 2.77. The van der Waals surface area contributed by atoms with E-state index < -0.39 is 7.12 Å². The van der Waals surface area contributed by atoms with Crippen molar-refractivity contribution in [3.05, 3.63) is 60.2 Å². The molecular weight excluding hydrogens is 263 g/mol. The van der Waals surface area contributed by atoms with Crippen molar-refractivity contribution in [3.63, 3.8) is 0 Å². The molecule has 3 rings (SSSR count). The minimum Gasteiger partial charge on any atom is -0.456 e. The number of para-hydroxylation sites is 1. The lowest BCUT2D eigenvalue weighted by Gasteiger charge is -2.00. The lowest BCUT2D eigenvalue weighted by atomic mass is 9.79. The van der Waals surface area contributed by atoms with Crippen LogP contribution in [0.25, 0.3) is 28.0 Å². The van der Waals surface area contributed by atoms with Crippen LogP contribution in [-0.2, 0) is 0 Å². The van der Waals surface area contributed by atoms with E-state index >= 15 is 0 Å². The first kappa shape index (κ1) is 13.7. The fourth-order valence-electron chi connectivity index (χ4n) is 2.59. The molecule has 0 saturated heterocycles. The van der Waals surface area contributed by atoms with Crippen LogP contribution in [0, 0.1) is 6.92 Å². The van der Waals surface area contributed by atoms with Crippen LogP contribution in [0.1, 0.15) is 11.1 Å². The third-order valence-corrected chi connectivity index (χ3v) is 3.68. The van der Waals surface area contributed by atoms with Crippen molar-refractivity contribution in [1.29, 1.82) is 0 Å². The Morgan fingerprint density at radius 2 is 1.86 bits per heavy atom. The average molecular weight is 278 g/mol. The van der Waals surface area contributed by atoms with Gasteiger partial charge in [-0.2, -0.15) is 0 Å². The Bertz CT molecular complexity index is 859. The Balaban J connectivity index is 2.35. The van der Waals surface area contributed by atoms with Crippen molar-refractivity contribution in [3.8, 4) is 0 Å². The normalized spacial score (nSPS) is 11.6. The van der Waals surface area contributed by atoms with Crippen LogP contribution in [-0.4, -0.2) is 17.2 Å². The van der Waals surface area contributed by atoms with Gasteiger partial charge in [-0.15, -0.1) is 0 Å². The number of hydrogen-bond acceptors (Lipinski definition) is 3. The number of rotatable bonds is 3. The van der Waals surface area contributed by atoms with E-state index in [0.717, 1.165) is 27.5 Å². The molecule has 0 saturated carbocycles. The van der Waals surface area contributed by atoms with Crippen molar-refractivity contribution in [1.82, 2.24) is 0 Å². The Labute approximate surface area is 123 Å². The Morgan fingerprint density at radius 3 is 2.57 bits per heavy atom. The molecule has 0 amide bonds. The molecule has 0 radical (unpaired) electrons. The monoisotopic (exact) mass is 278 g/mol. The Kier molecular flexibility index (Phi) is 3.41. The maximum atomic E-state index is 9.46. The third kappa shape index (κ3) is 2.19. The summed E-state index contributed by atoms with van der Waals surface area (Å²) in [4.78, 5) is 0. The molecule has 0 fully saturated rings.